The minimum atomic E-state index is -0.152. The van der Waals surface area contributed by atoms with Crippen LogP contribution in [0.5, 0.6) is 5.75 Å². The average molecular weight is 235 g/mol. The van der Waals surface area contributed by atoms with Crippen LogP contribution in [0.1, 0.15) is 52.6 Å². The lowest BCUT2D eigenvalue weighted by Crippen LogP contribution is -2.26. The van der Waals surface area contributed by atoms with Gasteiger partial charge in [0.05, 0.1) is 0 Å². The van der Waals surface area contributed by atoms with Crippen LogP contribution in [-0.4, -0.2) is 12.1 Å². The molecule has 0 radical (unpaired) electrons. The number of ether oxygens (including phenoxy) is 1. The summed E-state index contributed by atoms with van der Waals surface area (Å²) < 4.78 is 6.02. The van der Waals surface area contributed by atoms with E-state index in [0.717, 1.165) is 18.7 Å². The Labute approximate surface area is 105 Å². The van der Waals surface area contributed by atoms with Crippen molar-refractivity contribution in [2.75, 3.05) is 6.54 Å². The molecule has 0 saturated carbocycles. The molecule has 96 valence electrons. The first-order valence-corrected chi connectivity index (χ1v) is 6.49. The van der Waals surface area contributed by atoms with Crippen molar-refractivity contribution in [3.8, 4) is 5.75 Å². The molecule has 0 aliphatic heterocycles. The fourth-order valence-electron chi connectivity index (χ4n) is 1.91. The maximum atomic E-state index is 6.02. The van der Waals surface area contributed by atoms with E-state index in [1.54, 1.807) is 0 Å². The molecule has 0 spiro atoms. The van der Waals surface area contributed by atoms with Crippen LogP contribution in [0.4, 0.5) is 0 Å². The zero-order valence-corrected chi connectivity index (χ0v) is 11.7. The van der Waals surface area contributed by atoms with E-state index < -0.39 is 0 Å². The van der Waals surface area contributed by atoms with Crippen molar-refractivity contribution in [2.24, 2.45) is 0 Å². The molecule has 0 aromatic heterocycles. The smallest absolute Gasteiger partial charge is 0.124 e. The molecule has 0 saturated heterocycles. The van der Waals surface area contributed by atoms with Crippen molar-refractivity contribution in [2.45, 2.75) is 52.7 Å². The monoisotopic (exact) mass is 235 g/mol. The van der Waals surface area contributed by atoms with E-state index in [2.05, 4.69) is 58.1 Å². The molecule has 1 unspecified atom stereocenters. The minimum Gasteiger partial charge on any atom is -0.488 e. The molecular weight excluding hydrogens is 210 g/mol. The third kappa shape index (κ3) is 4.39. The van der Waals surface area contributed by atoms with Gasteiger partial charge >= 0.3 is 0 Å². The van der Waals surface area contributed by atoms with E-state index in [-0.39, 0.29) is 5.60 Å². The molecule has 1 atom stereocenters. The van der Waals surface area contributed by atoms with Crippen molar-refractivity contribution >= 4 is 0 Å². The third-order valence-electron chi connectivity index (χ3n) is 2.57. The van der Waals surface area contributed by atoms with Gasteiger partial charge < -0.3 is 10.1 Å². The molecule has 2 nitrogen and oxygen atoms in total. The second-order valence-electron chi connectivity index (χ2n) is 5.27. The lowest BCUT2D eigenvalue weighted by atomic mass is 10.0. The molecule has 0 amide bonds. The molecule has 1 aromatic carbocycles. The number of para-hydroxylation sites is 1. The fraction of sp³-hybridized carbons (Fsp3) is 0.600. The Hall–Kier alpha value is -1.02. The Kier molecular flexibility index (Phi) is 5.01. The Morgan fingerprint density at radius 1 is 1.18 bits per heavy atom. The van der Waals surface area contributed by atoms with Crippen LogP contribution in [-0.2, 0) is 0 Å². The van der Waals surface area contributed by atoms with Crippen LogP contribution in [0.15, 0.2) is 24.3 Å². The molecule has 2 heteroatoms. The van der Waals surface area contributed by atoms with Crippen molar-refractivity contribution in [3.05, 3.63) is 29.8 Å². The first-order valence-electron chi connectivity index (χ1n) is 6.49. The number of hydrogen-bond donors (Lipinski definition) is 1. The summed E-state index contributed by atoms with van der Waals surface area (Å²) in [6.45, 7) is 11.5. The molecule has 1 N–H and O–H groups in total. The zero-order chi connectivity index (χ0) is 12.9. The highest BCUT2D eigenvalue weighted by atomic mass is 16.5. The van der Waals surface area contributed by atoms with E-state index in [4.69, 9.17) is 4.74 Å². The predicted octanol–water partition coefficient (Wildman–Crippen LogP) is 3.92. The average Bonchev–Trinajstić information content (AvgIpc) is 2.25. The first kappa shape index (κ1) is 14.0. The molecule has 0 bridgehead atoms. The van der Waals surface area contributed by atoms with E-state index in [0.29, 0.717) is 6.04 Å². The molecule has 0 aliphatic carbocycles. The van der Waals surface area contributed by atoms with Gasteiger partial charge in [0.1, 0.15) is 11.4 Å². The Morgan fingerprint density at radius 2 is 1.82 bits per heavy atom. The van der Waals surface area contributed by atoms with Crippen LogP contribution in [0, 0.1) is 0 Å². The lowest BCUT2D eigenvalue weighted by Gasteiger charge is -2.26. The van der Waals surface area contributed by atoms with Crippen molar-refractivity contribution in [3.63, 3.8) is 0 Å². The van der Waals surface area contributed by atoms with Gasteiger partial charge in [-0.05, 0) is 39.8 Å². The topological polar surface area (TPSA) is 21.3 Å². The second-order valence-corrected chi connectivity index (χ2v) is 5.27. The van der Waals surface area contributed by atoms with Gasteiger partial charge in [0, 0.05) is 11.6 Å². The maximum Gasteiger partial charge on any atom is 0.124 e. The quantitative estimate of drug-likeness (QED) is 0.835. The maximum absolute atomic E-state index is 6.02. The minimum absolute atomic E-state index is 0.152. The summed E-state index contributed by atoms with van der Waals surface area (Å²) in [6.07, 6.45) is 1.07. The van der Waals surface area contributed by atoms with Crippen LogP contribution >= 0.6 is 0 Å². The first-order chi connectivity index (χ1) is 7.98. The molecule has 0 aliphatic rings. The molecule has 1 rings (SSSR count). The van der Waals surface area contributed by atoms with Gasteiger partial charge in [-0.3, -0.25) is 0 Å². The summed E-state index contributed by atoms with van der Waals surface area (Å²) in [5, 5.41) is 3.49. The fourth-order valence-corrected chi connectivity index (χ4v) is 1.91. The molecule has 0 heterocycles. The largest absolute Gasteiger partial charge is 0.488 e. The summed E-state index contributed by atoms with van der Waals surface area (Å²) in [7, 11) is 0. The standard InChI is InChI=1S/C15H25NO/c1-6-13(16-7-2)12-10-8-9-11-14(12)17-15(3,4)5/h8-11,13,16H,6-7H2,1-5H3. The van der Waals surface area contributed by atoms with E-state index in [9.17, 15) is 0 Å². The third-order valence-corrected chi connectivity index (χ3v) is 2.57. The highest BCUT2D eigenvalue weighted by Crippen LogP contribution is 2.29. The van der Waals surface area contributed by atoms with Gasteiger partial charge in [-0.15, -0.1) is 0 Å². The summed E-state index contributed by atoms with van der Waals surface area (Å²) in [5.74, 6) is 0.993. The Balaban J connectivity index is 2.97. The number of benzene rings is 1. The summed E-state index contributed by atoms with van der Waals surface area (Å²) in [5.41, 5.74) is 1.10. The van der Waals surface area contributed by atoms with Gasteiger partial charge in [0.25, 0.3) is 0 Å². The van der Waals surface area contributed by atoms with E-state index >= 15 is 0 Å². The highest BCUT2D eigenvalue weighted by molar-refractivity contribution is 5.36. The highest BCUT2D eigenvalue weighted by Gasteiger charge is 2.18. The molecular formula is C15H25NO. The molecule has 0 fully saturated rings. The lowest BCUT2D eigenvalue weighted by molar-refractivity contribution is 0.128. The van der Waals surface area contributed by atoms with Gasteiger partial charge in [-0.25, -0.2) is 0 Å². The number of rotatable bonds is 5. The van der Waals surface area contributed by atoms with Gasteiger partial charge in [-0.2, -0.15) is 0 Å². The zero-order valence-electron chi connectivity index (χ0n) is 11.7. The van der Waals surface area contributed by atoms with Gasteiger partial charge in [-0.1, -0.05) is 32.0 Å². The van der Waals surface area contributed by atoms with Crippen LogP contribution in [0.2, 0.25) is 0 Å². The van der Waals surface area contributed by atoms with Crippen LogP contribution < -0.4 is 10.1 Å². The SMILES string of the molecule is CCNC(CC)c1ccccc1OC(C)(C)C. The summed E-state index contributed by atoms with van der Waals surface area (Å²) >= 11 is 0. The van der Waals surface area contributed by atoms with E-state index in [1.807, 2.05) is 6.07 Å². The predicted molar refractivity (Wildman–Crippen MR) is 73.5 cm³/mol. The number of nitrogens with one attached hydrogen (secondary N) is 1. The van der Waals surface area contributed by atoms with Crippen molar-refractivity contribution in [1.29, 1.82) is 0 Å². The Bertz CT molecular complexity index is 341. The molecule has 17 heavy (non-hydrogen) atoms. The van der Waals surface area contributed by atoms with Crippen molar-refractivity contribution < 1.29 is 4.74 Å². The second kappa shape index (κ2) is 6.06. The normalized spacial score (nSPS) is 13.5. The van der Waals surface area contributed by atoms with Crippen LogP contribution in [0.25, 0.3) is 0 Å². The summed E-state index contributed by atoms with van der Waals surface area (Å²) in [4.78, 5) is 0. The summed E-state index contributed by atoms with van der Waals surface area (Å²) in [6, 6.07) is 8.69. The van der Waals surface area contributed by atoms with Crippen molar-refractivity contribution in [1.82, 2.24) is 5.32 Å². The Morgan fingerprint density at radius 3 is 2.35 bits per heavy atom. The van der Waals surface area contributed by atoms with Gasteiger partial charge in [0.15, 0.2) is 0 Å². The number of hydrogen-bond acceptors (Lipinski definition) is 2. The molecule has 1 aromatic rings. The van der Waals surface area contributed by atoms with Crippen LogP contribution in [0.3, 0.4) is 0 Å². The van der Waals surface area contributed by atoms with E-state index in [1.165, 1.54) is 5.56 Å². The van der Waals surface area contributed by atoms with Gasteiger partial charge in [0.2, 0.25) is 0 Å².